The van der Waals surface area contributed by atoms with Gasteiger partial charge in [-0.1, -0.05) is 30.3 Å². The Morgan fingerprint density at radius 3 is 2.38 bits per heavy atom. The Hall–Kier alpha value is -0.910. The van der Waals surface area contributed by atoms with E-state index >= 15 is 0 Å². The van der Waals surface area contributed by atoms with Crippen LogP contribution in [0.3, 0.4) is 0 Å². The van der Waals surface area contributed by atoms with Crippen molar-refractivity contribution in [3.63, 3.8) is 0 Å². The number of hydrogen-bond acceptors (Lipinski definition) is 3. The van der Waals surface area contributed by atoms with E-state index in [2.05, 4.69) is 22.2 Å². The smallest absolute Gasteiger partial charge is 0.212 e. The lowest BCUT2D eigenvalue weighted by molar-refractivity contribution is 0.421. The zero-order valence-electron chi connectivity index (χ0n) is 13.4. The summed E-state index contributed by atoms with van der Waals surface area (Å²) in [4.78, 5) is 0. The van der Waals surface area contributed by atoms with E-state index in [1.54, 1.807) is 0 Å². The van der Waals surface area contributed by atoms with Gasteiger partial charge in [0.15, 0.2) is 0 Å². The molecule has 0 aliphatic carbocycles. The van der Waals surface area contributed by atoms with Crippen molar-refractivity contribution >= 4 is 10.0 Å². The average Bonchev–Trinajstić information content (AvgIpc) is 2.42. The molecule has 0 heterocycles. The molecule has 0 amide bonds. The number of nitrogens with one attached hydrogen (secondary N) is 2. The standard InChI is InChI=1S/C16H28N2O2S/c1-16(2,12-11-15-9-5-4-6-10-15)18-21(19,20)14-8-7-13-17-3/h4-6,9-10,17-18H,7-8,11-14H2,1-3H3. The SMILES string of the molecule is CNCCCCS(=O)(=O)NC(C)(C)CCc1ccccc1. The van der Waals surface area contributed by atoms with Crippen molar-refractivity contribution in [2.24, 2.45) is 0 Å². The highest BCUT2D eigenvalue weighted by Gasteiger charge is 2.24. The first-order chi connectivity index (χ1) is 9.85. The van der Waals surface area contributed by atoms with Crippen LogP contribution in [0, 0.1) is 0 Å². The summed E-state index contributed by atoms with van der Waals surface area (Å²) in [5.74, 6) is 0.198. The molecule has 1 aromatic rings. The quantitative estimate of drug-likeness (QED) is 0.652. The van der Waals surface area contributed by atoms with Crippen molar-refractivity contribution in [1.29, 1.82) is 0 Å². The third-order valence-electron chi connectivity index (χ3n) is 3.40. The van der Waals surface area contributed by atoms with Gasteiger partial charge in [0.25, 0.3) is 0 Å². The Morgan fingerprint density at radius 1 is 1.10 bits per heavy atom. The van der Waals surface area contributed by atoms with Gasteiger partial charge < -0.3 is 5.32 Å². The van der Waals surface area contributed by atoms with Gasteiger partial charge in [-0.3, -0.25) is 0 Å². The first-order valence-electron chi connectivity index (χ1n) is 7.55. The van der Waals surface area contributed by atoms with E-state index in [0.717, 1.165) is 25.8 Å². The molecular formula is C16H28N2O2S. The van der Waals surface area contributed by atoms with Crippen LogP contribution in [0.25, 0.3) is 0 Å². The second-order valence-electron chi connectivity index (χ2n) is 6.10. The third kappa shape index (κ3) is 8.19. The molecule has 0 aliphatic heterocycles. The highest BCUT2D eigenvalue weighted by molar-refractivity contribution is 7.89. The molecule has 0 bridgehead atoms. The summed E-state index contributed by atoms with van der Waals surface area (Å²) in [6.45, 7) is 4.75. The molecule has 0 spiro atoms. The lowest BCUT2D eigenvalue weighted by Gasteiger charge is -2.26. The zero-order chi connectivity index (χ0) is 15.8. The summed E-state index contributed by atoms with van der Waals surface area (Å²) < 4.78 is 27.0. The van der Waals surface area contributed by atoms with Crippen LogP contribution in [0.5, 0.6) is 0 Å². The van der Waals surface area contributed by atoms with Crippen molar-refractivity contribution in [3.8, 4) is 0 Å². The topological polar surface area (TPSA) is 58.2 Å². The minimum absolute atomic E-state index is 0.198. The molecule has 0 aromatic heterocycles. The van der Waals surface area contributed by atoms with Gasteiger partial charge in [-0.05, 0) is 58.7 Å². The molecule has 5 heteroatoms. The van der Waals surface area contributed by atoms with E-state index in [1.807, 2.05) is 39.1 Å². The number of benzene rings is 1. The van der Waals surface area contributed by atoms with Crippen molar-refractivity contribution in [3.05, 3.63) is 35.9 Å². The number of hydrogen-bond donors (Lipinski definition) is 2. The van der Waals surface area contributed by atoms with E-state index < -0.39 is 15.6 Å². The van der Waals surface area contributed by atoms with Crippen LogP contribution in [0.4, 0.5) is 0 Å². The summed E-state index contributed by atoms with van der Waals surface area (Å²) in [5, 5.41) is 3.03. The predicted molar refractivity (Wildman–Crippen MR) is 88.9 cm³/mol. The van der Waals surface area contributed by atoms with Gasteiger partial charge in [-0.15, -0.1) is 0 Å². The number of sulfonamides is 1. The van der Waals surface area contributed by atoms with Crippen LogP contribution in [0.1, 0.15) is 38.7 Å². The maximum absolute atomic E-state index is 12.1. The van der Waals surface area contributed by atoms with Crippen LogP contribution in [0.2, 0.25) is 0 Å². The van der Waals surface area contributed by atoms with Crippen LogP contribution >= 0.6 is 0 Å². The normalized spacial score (nSPS) is 12.5. The molecule has 21 heavy (non-hydrogen) atoms. The molecule has 0 radical (unpaired) electrons. The number of aryl methyl sites for hydroxylation is 1. The van der Waals surface area contributed by atoms with Crippen molar-refractivity contribution in [2.45, 2.75) is 45.1 Å². The van der Waals surface area contributed by atoms with Crippen molar-refractivity contribution < 1.29 is 8.42 Å². The lowest BCUT2D eigenvalue weighted by atomic mass is 9.97. The first-order valence-corrected chi connectivity index (χ1v) is 9.20. The maximum Gasteiger partial charge on any atom is 0.212 e. The van der Waals surface area contributed by atoms with Crippen molar-refractivity contribution in [1.82, 2.24) is 10.0 Å². The molecule has 1 aromatic carbocycles. The molecule has 0 fully saturated rings. The van der Waals surface area contributed by atoms with Gasteiger partial charge in [0, 0.05) is 5.54 Å². The molecule has 0 saturated heterocycles. The van der Waals surface area contributed by atoms with Crippen LogP contribution in [0.15, 0.2) is 30.3 Å². The Morgan fingerprint density at radius 2 is 1.76 bits per heavy atom. The highest BCUT2D eigenvalue weighted by atomic mass is 32.2. The molecule has 0 aliphatic rings. The Kier molecular flexibility index (Phi) is 7.35. The first kappa shape index (κ1) is 18.1. The molecule has 0 atom stereocenters. The average molecular weight is 312 g/mol. The lowest BCUT2D eigenvalue weighted by Crippen LogP contribution is -2.44. The van der Waals surface area contributed by atoms with Gasteiger partial charge in [-0.2, -0.15) is 0 Å². The van der Waals surface area contributed by atoms with Gasteiger partial charge in [0.1, 0.15) is 0 Å². The molecule has 0 unspecified atom stereocenters. The largest absolute Gasteiger partial charge is 0.320 e. The minimum Gasteiger partial charge on any atom is -0.320 e. The Bertz CT molecular complexity index is 498. The van der Waals surface area contributed by atoms with Crippen LogP contribution < -0.4 is 10.0 Å². The summed E-state index contributed by atoms with van der Waals surface area (Å²) in [7, 11) is -1.33. The second kappa shape index (κ2) is 8.51. The van der Waals surface area contributed by atoms with E-state index in [1.165, 1.54) is 5.56 Å². The van der Waals surface area contributed by atoms with Gasteiger partial charge in [0.05, 0.1) is 5.75 Å². The van der Waals surface area contributed by atoms with Crippen molar-refractivity contribution in [2.75, 3.05) is 19.3 Å². The van der Waals surface area contributed by atoms with Crippen LogP contribution in [-0.4, -0.2) is 33.3 Å². The molecule has 4 nitrogen and oxygen atoms in total. The van der Waals surface area contributed by atoms with Gasteiger partial charge >= 0.3 is 0 Å². The number of unbranched alkanes of at least 4 members (excludes halogenated alkanes) is 1. The molecule has 0 saturated carbocycles. The fraction of sp³-hybridized carbons (Fsp3) is 0.625. The monoisotopic (exact) mass is 312 g/mol. The van der Waals surface area contributed by atoms with E-state index in [9.17, 15) is 8.42 Å². The van der Waals surface area contributed by atoms with Crippen LogP contribution in [-0.2, 0) is 16.4 Å². The molecule has 120 valence electrons. The minimum atomic E-state index is -3.20. The molecule has 2 N–H and O–H groups in total. The van der Waals surface area contributed by atoms with E-state index in [-0.39, 0.29) is 5.75 Å². The molecule has 1 rings (SSSR count). The zero-order valence-corrected chi connectivity index (χ0v) is 14.2. The second-order valence-corrected chi connectivity index (χ2v) is 7.94. The fourth-order valence-corrected chi connectivity index (χ4v) is 3.85. The molecular weight excluding hydrogens is 284 g/mol. The highest BCUT2D eigenvalue weighted by Crippen LogP contribution is 2.15. The third-order valence-corrected chi connectivity index (χ3v) is 5.09. The van der Waals surface area contributed by atoms with Gasteiger partial charge in [0.2, 0.25) is 10.0 Å². The van der Waals surface area contributed by atoms with E-state index in [4.69, 9.17) is 0 Å². The maximum atomic E-state index is 12.1. The van der Waals surface area contributed by atoms with Gasteiger partial charge in [-0.25, -0.2) is 13.1 Å². The number of rotatable bonds is 10. The Labute approximate surface area is 129 Å². The predicted octanol–water partition coefficient (Wildman–Crippen LogP) is 2.32. The fourth-order valence-electron chi connectivity index (χ4n) is 2.22. The Balaban J connectivity index is 2.43. The summed E-state index contributed by atoms with van der Waals surface area (Å²) in [6.07, 6.45) is 3.22. The van der Waals surface area contributed by atoms with E-state index in [0.29, 0.717) is 6.42 Å². The summed E-state index contributed by atoms with van der Waals surface area (Å²) in [5.41, 5.74) is 0.816. The summed E-state index contributed by atoms with van der Waals surface area (Å²) >= 11 is 0. The summed E-state index contributed by atoms with van der Waals surface area (Å²) in [6, 6.07) is 10.1.